The van der Waals surface area contributed by atoms with Gasteiger partial charge in [0.25, 0.3) is 0 Å². The highest BCUT2D eigenvalue weighted by atomic mass is 16.5. The molecule has 1 rings (SSSR count). The maximum Gasteiger partial charge on any atom is 0.305 e. The first-order chi connectivity index (χ1) is 7.72. The van der Waals surface area contributed by atoms with Crippen LogP contribution in [-0.2, 0) is 16.0 Å². The number of ether oxygens (including phenoxy) is 1. The van der Waals surface area contributed by atoms with Crippen LogP contribution in [-0.4, -0.2) is 13.1 Å². The Balaban J connectivity index is 2.11. The van der Waals surface area contributed by atoms with Crippen LogP contribution in [0.1, 0.15) is 31.2 Å². The number of nitrogens with two attached hydrogens (primary N) is 1. The quantitative estimate of drug-likeness (QED) is 0.456. The Kier molecular flexibility index (Phi) is 5.40. The molecule has 0 aromatic heterocycles. The summed E-state index contributed by atoms with van der Waals surface area (Å²) in [4.78, 5) is 10.8. The molecule has 3 heteroatoms. The molecule has 0 aliphatic heterocycles. The van der Waals surface area contributed by atoms with Crippen LogP contribution in [0, 0.1) is 0 Å². The highest BCUT2D eigenvalue weighted by molar-refractivity contribution is 5.68. The van der Waals surface area contributed by atoms with Gasteiger partial charge in [0.15, 0.2) is 0 Å². The minimum Gasteiger partial charge on any atom is -0.469 e. The molecule has 0 bridgehead atoms. The van der Waals surface area contributed by atoms with E-state index in [1.807, 2.05) is 12.1 Å². The Labute approximate surface area is 96.6 Å². The van der Waals surface area contributed by atoms with E-state index in [9.17, 15) is 4.79 Å². The molecule has 0 saturated carbocycles. The normalized spacial score (nSPS) is 10.1. The second-order valence-electron chi connectivity index (χ2n) is 3.88. The summed E-state index contributed by atoms with van der Waals surface area (Å²) in [5.41, 5.74) is 7.70. The average Bonchev–Trinajstić information content (AvgIpc) is 2.31. The number of hydrogen-bond acceptors (Lipinski definition) is 3. The Hall–Kier alpha value is -1.51. The highest BCUT2D eigenvalue weighted by Gasteiger charge is 1.99. The molecular formula is C13H19NO2. The topological polar surface area (TPSA) is 52.3 Å². The molecule has 0 spiro atoms. The lowest BCUT2D eigenvalue weighted by molar-refractivity contribution is -0.140. The second kappa shape index (κ2) is 6.88. The molecule has 0 atom stereocenters. The molecule has 88 valence electrons. The third kappa shape index (κ3) is 4.82. The Bertz CT molecular complexity index is 319. The molecule has 0 aliphatic carbocycles. The lowest BCUT2D eigenvalue weighted by Crippen LogP contribution is -1.99. The van der Waals surface area contributed by atoms with Crippen LogP contribution in [0.2, 0.25) is 0 Å². The number of hydrogen-bond donors (Lipinski definition) is 1. The van der Waals surface area contributed by atoms with E-state index in [2.05, 4.69) is 16.9 Å². The van der Waals surface area contributed by atoms with Crippen LogP contribution < -0.4 is 5.73 Å². The van der Waals surface area contributed by atoms with E-state index >= 15 is 0 Å². The highest BCUT2D eigenvalue weighted by Crippen LogP contribution is 2.10. The van der Waals surface area contributed by atoms with E-state index in [0.29, 0.717) is 6.42 Å². The van der Waals surface area contributed by atoms with Gasteiger partial charge in [0.1, 0.15) is 0 Å². The first-order valence-electron chi connectivity index (χ1n) is 5.63. The van der Waals surface area contributed by atoms with Crippen molar-refractivity contribution in [2.75, 3.05) is 12.8 Å². The predicted octanol–water partition coefficient (Wildman–Crippen LogP) is 2.54. The zero-order chi connectivity index (χ0) is 11.8. The first-order valence-corrected chi connectivity index (χ1v) is 5.63. The van der Waals surface area contributed by atoms with Crippen molar-refractivity contribution in [2.45, 2.75) is 32.1 Å². The molecule has 0 unspecified atom stereocenters. The van der Waals surface area contributed by atoms with Crippen molar-refractivity contribution < 1.29 is 9.53 Å². The van der Waals surface area contributed by atoms with Crippen molar-refractivity contribution in [1.82, 2.24) is 0 Å². The SMILES string of the molecule is COC(=O)CCCCCc1ccc(N)cc1. The fourth-order valence-corrected chi connectivity index (χ4v) is 1.56. The van der Waals surface area contributed by atoms with Gasteiger partial charge in [-0.05, 0) is 37.0 Å². The number of benzene rings is 1. The van der Waals surface area contributed by atoms with Gasteiger partial charge in [0.2, 0.25) is 0 Å². The van der Waals surface area contributed by atoms with Gasteiger partial charge >= 0.3 is 5.97 Å². The van der Waals surface area contributed by atoms with Crippen molar-refractivity contribution in [3.8, 4) is 0 Å². The number of carbonyl (C=O) groups is 1. The van der Waals surface area contributed by atoms with Gasteiger partial charge in [-0.15, -0.1) is 0 Å². The van der Waals surface area contributed by atoms with E-state index in [1.54, 1.807) is 0 Å². The van der Waals surface area contributed by atoms with Gasteiger partial charge < -0.3 is 10.5 Å². The lowest BCUT2D eigenvalue weighted by atomic mass is 10.1. The second-order valence-corrected chi connectivity index (χ2v) is 3.88. The Morgan fingerprint density at radius 2 is 1.88 bits per heavy atom. The molecule has 16 heavy (non-hydrogen) atoms. The van der Waals surface area contributed by atoms with Crippen LogP contribution in [0.5, 0.6) is 0 Å². The number of carbonyl (C=O) groups excluding carboxylic acids is 1. The molecule has 1 aromatic rings. The molecular weight excluding hydrogens is 202 g/mol. The fraction of sp³-hybridized carbons (Fsp3) is 0.462. The third-order valence-corrected chi connectivity index (χ3v) is 2.55. The van der Waals surface area contributed by atoms with Crippen molar-refractivity contribution in [2.24, 2.45) is 0 Å². The molecule has 0 heterocycles. The van der Waals surface area contributed by atoms with Crippen LogP contribution >= 0.6 is 0 Å². The van der Waals surface area contributed by atoms with Gasteiger partial charge in [-0.25, -0.2) is 0 Å². The van der Waals surface area contributed by atoms with Crippen molar-refractivity contribution in [3.05, 3.63) is 29.8 Å². The number of nitrogen functional groups attached to an aromatic ring is 1. The van der Waals surface area contributed by atoms with Gasteiger partial charge in [-0.3, -0.25) is 4.79 Å². The predicted molar refractivity (Wildman–Crippen MR) is 65.0 cm³/mol. The number of esters is 1. The number of rotatable bonds is 6. The van der Waals surface area contributed by atoms with Crippen LogP contribution in [0.3, 0.4) is 0 Å². The summed E-state index contributed by atoms with van der Waals surface area (Å²) in [5, 5.41) is 0. The minimum atomic E-state index is -0.118. The number of anilines is 1. The standard InChI is InChI=1S/C13H19NO2/c1-16-13(15)6-4-2-3-5-11-7-9-12(14)10-8-11/h7-10H,2-6,14H2,1H3. The van der Waals surface area contributed by atoms with Crippen LogP contribution in [0.15, 0.2) is 24.3 Å². The molecule has 0 aliphatic rings. The molecule has 1 aromatic carbocycles. The van der Waals surface area contributed by atoms with E-state index < -0.39 is 0 Å². The van der Waals surface area contributed by atoms with E-state index in [4.69, 9.17) is 5.73 Å². The fourth-order valence-electron chi connectivity index (χ4n) is 1.56. The molecule has 0 amide bonds. The minimum absolute atomic E-state index is 0.118. The van der Waals surface area contributed by atoms with Gasteiger partial charge in [-0.1, -0.05) is 18.6 Å². The lowest BCUT2D eigenvalue weighted by Gasteiger charge is -2.02. The molecule has 3 nitrogen and oxygen atoms in total. The van der Waals surface area contributed by atoms with Gasteiger partial charge in [-0.2, -0.15) is 0 Å². The summed E-state index contributed by atoms with van der Waals surface area (Å²) in [6, 6.07) is 7.94. The first kappa shape index (κ1) is 12.6. The summed E-state index contributed by atoms with van der Waals surface area (Å²) in [6.45, 7) is 0. The molecule has 2 N–H and O–H groups in total. The maximum atomic E-state index is 10.8. The summed E-state index contributed by atoms with van der Waals surface area (Å²) < 4.78 is 4.58. The van der Waals surface area contributed by atoms with E-state index in [-0.39, 0.29) is 5.97 Å². The van der Waals surface area contributed by atoms with Crippen molar-refractivity contribution in [1.29, 1.82) is 0 Å². The summed E-state index contributed by atoms with van der Waals surface area (Å²) in [6.07, 6.45) is 4.63. The average molecular weight is 221 g/mol. The van der Waals surface area contributed by atoms with Crippen molar-refractivity contribution >= 4 is 11.7 Å². The third-order valence-electron chi connectivity index (χ3n) is 2.55. The maximum absolute atomic E-state index is 10.8. The van der Waals surface area contributed by atoms with E-state index in [0.717, 1.165) is 31.4 Å². The summed E-state index contributed by atoms with van der Waals surface area (Å²) in [5.74, 6) is -0.118. The van der Waals surface area contributed by atoms with Crippen molar-refractivity contribution in [3.63, 3.8) is 0 Å². The zero-order valence-electron chi connectivity index (χ0n) is 9.74. The summed E-state index contributed by atoms with van der Waals surface area (Å²) >= 11 is 0. The van der Waals surface area contributed by atoms with Gasteiger partial charge in [0.05, 0.1) is 7.11 Å². The smallest absolute Gasteiger partial charge is 0.305 e. The van der Waals surface area contributed by atoms with Crippen LogP contribution in [0.4, 0.5) is 5.69 Å². The number of unbranched alkanes of at least 4 members (excludes halogenated alkanes) is 2. The zero-order valence-corrected chi connectivity index (χ0v) is 9.74. The van der Waals surface area contributed by atoms with E-state index in [1.165, 1.54) is 12.7 Å². The van der Waals surface area contributed by atoms with Crippen LogP contribution in [0.25, 0.3) is 0 Å². The monoisotopic (exact) mass is 221 g/mol. The van der Waals surface area contributed by atoms with Gasteiger partial charge in [0, 0.05) is 12.1 Å². The number of methoxy groups -OCH3 is 1. The largest absolute Gasteiger partial charge is 0.469 e. The molecule has 0 radical (unpaired) electrons. The Morgan fingerprint density at radius 3 is 2.50 bits per heavy atom. The number of aryl methyl sites for hydroxylation is 1. The molecule has 0 saturated heterocycles. The Morgan fingerprint density at radius 1 is 1.19 bits per heavy atom. The molecule has 0 fully saturated rings. The summed E-state index contributed by atoms with van der Waals surface area (Å²) in [7, 11) is 1.43.